The summed E-state index contributed by atoms with van der Waals surface area (Å²) in [5.74, 6) is 0.241. The predicted molar refractivity (Wildman–Crippen MR) is 148 cm³/mol. The fourth-order valence-electron chi connectivity index (χ4n) is 4.16. The SMILES string of the molecule is CCCCCCC(=O)O.Cc1ccc(-c2nc3c(nc2-c2ccc(C)cc2)NCC(N(C)C)C3)cc1. The van der Waals surface area contributed by atoms with Gasteiger partial charge in [-0.2, -0.15) is 0 Å². The average Bonchev–Trinajstić information content (AvgIpc) is 2.87. The number of nitrogens with zero attached hydrogens (tertiary/aromatic N) is 3. The number of unbranched alkanes of at least 4 members (excludes halogenated alkanes) is 3. The van der Waals surface area contributed by atoms with Crippen molar-refractivity contribution in [3.05, 3.63) is 65.4 Å². The van der Waals surface area contributed by atoms with Crippen LogP contribution in [0.25, 0.3) is 22.5 Å². The highest BCUT2D eigenvalue weighted by atomic mass is 16.4. The molecule has 1 atom stereocenters. The molecule has 0 saturated heterocycles. The number of carboxylic acids is 1. The zero-order valence-corrected chi connectivity index (χ0v) is 22.3. The summed E-state index contributed by atoms with van der Waals surface area (Å²) in [6.07, 6.45) is 5.47. The molecule has 2 heterocycles. The standard InChI is InChI=1S/C23H26N4.C7H14O2/c1-15-5-9-17(10-6-15)21-22(18-11-7-16(2)8-12-18)26-23-20(25-21)13-19(14-24-23)27(3)4;1-2-3-4-5-6-7(8)9/h5-12,19H,13-14H2,1-4H3,(H,24,26);2-6H2,1H3,(H,8,9). The van der Waals surface area contributed by atoms with Crippen LogP contribution in [0.1, 0.15) is 55.8 Å². The highest BCUT2D eigenvalue weighted by molar-refractivity contribution is 5.79. The topological polar surface area (TPSA) is 78.3 Å². The molecule has 36 heavy (non-hydrogen) atoms. The van der Waals surface area contributed by atoms with E-state index in [1.807, 2.05) is 0 Å². The van der Waals surface area contributed by atoms with Crippen LogP contribution in [0.3, 0.4) is 0 Å². The van der Waals surface area contributed by atoms with Crippen LogP contribution in [-0.4, -0.2) is 52.6 Å². The van der Waals surface area contributed by atoms with Crippen molar-refractivity contribution in [3.63, 3.8) is 0 Å². The van der Waals surface area contributed by atoms with Gasteiger partial charge in [0, 0.05) is 36.6 Å². The van der Waals surface area contributed by atoms with E-state index in [2.05, 4.69) is 93.6 Å². The van der Waals surface area contributed by atoms with Crippen molar-refractivity contribution >= 4 is 11.8 Å². The molecule has 0 radical (unpaired) electrons. The van der Waals surface area contributed by atoms with Gasteiger partial charge in [-0.25, -0.2) is 9.97 Å². The van der Waals surface area contributed by atoms with Crippen LogP contribution in [0.4, 0.5) is 5.82 Å². The van der Waals surface area contributed by atoms with Gasteiger partial charge < -0.3 is 15.3 Å². The van der Waals surface area contributed by atoms with Crippen molar-refractivity contribution in [2.45, 2.75) is 65.3 Å². The molecular weight excluding hydrogens is 448 g/mol. The van der Waals surface area contributed by atoms with Gasteiger partial charge in [0.15, 0.2) is 0 Å². The number of aryl methyl sites for hydroxylation is 2. The zero-order chi connectivity index (χ0) is 26.1. The monoisotopic (exact) mass is 488 g/mol. The third kappa shape index (κ3) is 7.62. The Bertz CT molecular complexity index is 1120. The van der Waals surface area contributed by atoms with Crippen LogP contribution in [-0.2, 0) is 11.2 Å². The van der Waals surface area contributed by atoms with Gasteiger partial charge in [0.2, 0.25) is 0 Å². The van der Waals surface area contributed by atoms with Crippen molar-refractivity contribution in [3.8, 4) is 22.5 Å². The van der Waals surface area contributed by atoms with E-state index in [0.29, 0.717) is 12.5 Å². The predicted octanol–water partition coefficient (Wildman–Crippen LogP) is 6.37. The molecule has 0 aliphatic carbocycles. The molecule has 2 N–H and O–H groups in total. The second kappa shape index (κ2) is 13.2. The van der Waals surface area contributed by atoms with E-state index in [-0.39, 0.29) is 0 Å². The van der Waals surface area contributed by atoms with Crippen LogP contribution in [0, 0.1) is 13.8 Å². The van der Waals surface area contributed by atoms with Gasteiger partial charge in [-0.3, -0.25) is 4.79 Å². The number of aliphatic carboxylic acids is 1. The molecule has 1 aromatic heterocycles. The lowest BCUT2D eigenvalue weighted by Crippen LogP contribution is -2.40. The first kappa shape index (κ1) is 27.3. The first-order chi connectivity index (χ1) is 17.3. The summed E-state index contributed by atoms with van der Waals surface area (Å²) in [6.45, 7) is 7.22. The number of carboxylic acid groups (broad SMARTS) is 1. The van der Waals surface area contributed by atoms with Crippen molar-refractivity contribution in [1.82, 2.24) is 14.9 Å². The Morgan fingerprint density at radius 1 is 0.917 bits per heavy atom. The first-order valence-electron chi connectivity index (χ1n) is 13.0. The summed E-state index contributed by atoms with van der Waals surface area (Å²) in [5.41, 5.74) is 7.64. The molecular formula is C30H40N4O2. The smallest absolute Gasteiger partial charge is 0.303 e. The minimum absolute atomic E-state index is 0.333. The second-order valence-corrected chi connectivity index (χ2v) is 9.86. The van der Waals surface area contributed by atoms with Gasteiger partial charge in [0.25, 0.3) is 0 Å². The number of likely N-dealkylation sites (N-methyl/N-ethyl adjacent to an activating group) is 1. The second-order valence-electron chi connectivity index (χ2n) is 9.86. The van der Waals surface area contributed by atoms with Crippen molar-refractivity contribution in [1.29, 1.82) is 0 Å². The summed E-state index contributed by atoms with van der Waals surface area (Å²) >= 11 is 0. The van der Waals surface area contributed by atoms with E-state index in [4.69, 9.17) is 15.1 Å². The highest BCUT2D eigenvalue weighted by Crippen LogP contribution is 2.33. The Morgan fingerprint density at radius 2 is 1.47 bits per heavy atom. The molecule has 0 spiro atoms. The lowest BCUT2D eigenvalue weighted by atomic mass is 10.00. The molecule has 6 heteroatoms. The number of rotatable bonds is 8. The third-order valence-corrected chi connectivity index (χ3v) is 6.53. The number of benzene rings is 2. The van der Waals surface area contributed by atoms with Gasteiger partial charge in [-0.15, -0.1) is 0 Å². The zero-order valence-electron chi connectivity index (χ0n) is 22.3. The summed E-state index contributed by atoms with van der Waals surface area (Å²) in [5, 5.41) is 11.7. The van der Waals surface area contributed by atoms with Crippen LogP contribution in [0.2, 0.25) is 0 Å². The van der Waals surface area contributed by atoms with E-state index in [0.717, 1.165) is 66.3 Å². The van der Waals surface area contributed by atoms with Gasteiger partial charge in [-0.1, -0.05) is 85.8 Å². The first-order valence-corrected chi connectivity index (χ1v) is 13.0. The van der Waals surface area contributed by atoms with E-state index in [1.165, 1.54) is 17.5 Å². The minimum Gasteiger partial charge on any atom is -0.481 e. The molecule has 0 fully saturated rings. The Kier molecular flexibility index (Phi) is 10.00. The van der Waals surface area contributed by atoms with Crippen molar-refractivity contribution in [2.24, 2.45) is 0 Å². The lowest BCUT2D eigenvalue weighted by Gasteiger charge is -2.30. The molecule has 1 unspecified atom stereocenters. The van der Waals surface area contributed by atoms with Crippen molar-refractivity contribution in [2.75, 3.05) is 26.0 Å². The molecule has 6 nitrogen and oxygen atoms in total. The highest BCUT2D eigenvalue weighted by Gasteiger charge is 2.24. The maximum Gasteiger partial charge on any atom is 0.303 e. The van der Waals surface area contributed by atoms with Crippen molar-refractivity contribution < 1.29 is 9.90 Å². The molecule has 0 saturated carbocycles. The van der Waals surface area contributed by atoms with Crippen LogP contribution in [0.5, 0.6) is 0 Å². The number of hydrogen-bond acceptors (Lipinski definition) is 5. The average molecular weight is 489 g/mol. The van der Waals surface area contributed by atoms with Crippen LogP contribution < -0.4 is 5.32 Å². The van der Waals surface area contributed by atoms with E-state index in [9.17, 15) is 4.79 Å². The fraction of sp³-hybridized carbons (Fsp3) is 0.433. The van der Waals surface area contributed by atoms with Gasteiger partial charge >= 0.3 is 5.97 Å². The molecule has 192 valence electrons. The quantitative estimate of drug-likeness (QED) is 0.359. The van der Waals surface area contributed by atoms with E-state index >= 15 is 0 Å². The number of hydrogen-bond donors (Lipinski definition) is 2. The third-order valence-electron chi connectivity index (χ3n) is 6.53. The summed E-state index contributed by atoms with van der Waals surface area (Å²) < 4.78 is 0. The maximum absolute atomic E-state index is 9.96. The number of fused-ring (bicyclic) bond motifs is 1. The maximum atomic E-state index is 9.96. The largest absolute Gasteiger partial charge is 0.481 e. The van der Waals surface area contributed by atoms with Crippen LogP contribution >= 0.6 is 0 Å². The molecule has 1 aliphatic rings. The Morgan fingerprint density at radius 3 is 1.97 bits per heavy atom. The molecule has 2 aromatic carbocycles. The Labute approximate surface area is 215 Å². The number of aromatic nitrogens is 2. The summed E-state index contributed by atoms with van der Waals surface area (Å²) in [4.78, 5) is 22.3. The number of carbonyl (C=O) groups is 1. The van der Waals surface area contributed by atoms with Gasteiger partial charge in [0.1, 0.15) is 5.82 Å². The molecule has 1 aliphatic heterocycles. The minimum atomic E-state index is -0.675. The Hall–Kier alpha value is -3.25. The number of anilines is 1. The van der Waals surface area contributed by atoms with Gasteiger partial charge in [-0.05, 0) is 34.4 Å². The van der Waals surface area contributed by atoms with Gasteiger partial charge in [0.05, 0.1) is 17.1 Å². The summed E-state index contributed by atoms with van der Waals surface area (Å²) in [6, 6.07) is 17.5. The summed E-state index contributed by atoms with van der Waals surface area (Å²) in [7, 11) is 4.23. The number of nitrogens with one attached hydrogen (secondary N) is 1. The molecule has 0 bridgehead atoms. The molecule has 3 aromatic rings. The fourth-order valence-corrected chi connectivity index (χ4v) is 4.16. The normalized spacial score (nSPS) is 14.4. The van der Waals surface area contributed by atoms with E-state index < -0.39 is 5.97 Å². The molecule has 0 amide bonds. The molecule has 4 rings (SSSR count). The lowest BCUT2D eigenvalue weighted by molar-refractivity contribution is -0.137. The Balaban J connectivity index is 0.000000345. The van der Waals surface area contributed by atoms with Crippen LogP contribution in [0.15, 0.2) is 48.5 Å². The van der Waals surface area contributed by atoms with E-state index in [1.54, 1.807) is 0 Å².